The third kappa shape index (κ3) is 4.00. The molecule has 30 heavy (non-hydrogen) atoms. The van der Waals surface area contributed by atoms with Gasteiger partial charge in [-0.15, -0.1) is 0 Å². The molecule has 1 aromatic carbocycles. The first-order valence-corrected chi connectivity index (χ1v) is 10.6. The highest BCUT2D eigenvalue weighted by Crippen LogP contribution is 2.40. The summed E-state index contributed by atoms with van der Waals surface area (Å²) in [5.41, 5.74) is 2.62. The number of hydrogen-bond acceptors (Lipinski definition) is 3. The zero-order chi connectivity index (χ0) is 21.3. The van der Waals surface area contributed by atoms with Gasteiger partial charge in [0.1, 0.15) is 5.82 Å². The van der Waals surface area contributed by atoms with Crippen molar-refractivity contribution in [2.45, 2.75) is 32.2 Å². The van der Waals surface area contributed by atoms with Gasteiger partial charge in [-0.05, 0) is 66.3 Å². The van der Waals surface area contributed by atoms with Crippen molar-refractivity contribution in [1.29, 1.82) is 0 Å². The number of carboxylic acids is 1. The van der Waals surface area contributed by atoms with Gasteiger partial charge in [-0.3, -0.25) is 4.90 Å². The minimum Gasteiger partial charge on any atom is -0.478 e. The van der Waals surface area contributed by atoms with E-state index in [0.717, 1.165) is 37.4 Å². The molecule has 6 heteroatoms. The van der Waals surface area contributed by atoms with Crippen molar-refractivity contribution < 1.29 is 9.90 Å². The monoisotopic (exact) mass is 423 g/mol. The lowest BCUT2D eigenvalue weighted by Gasteiger charge is -2.45. The summed E-state index contributed by atoms with van der Waals surface area (Å²) in [7, 11) is 0. The zero-order valence-corrected chi connectivity index (χ0v) is 18.0. The largest absolute Gasteiger partial charge is 0.478 e. The van der Waals surface area contributed by atoms with Crippen LogP contribution in [-0.2, 0) is 12.0 Å². The SMILES string of the molecule is C[C@H]1CN(Cc2cccn2-c2ccc(Cl)cn2)CC[C@@]1(C)c1cccc(C(=O)O)c1. The van der Waals surface area contributed by atoms with E-state index in [1.807, 2.05) is 36.5 Å². The van der Waals surface area contributed by atoms with Crippen LogP contribution in [0.25, 0.3) is 5.82 Å². The number of benzene rings is 1. The van der Waals surface area contributed by atoms with Crippen LogP contribution < -0.4 is 0 Å². The maximum Gasteiger partial charge on any atom is 0.335 e. The number of piperidine rings is 1. The van der Waals surface area contributed by atoms with Gasteiger partial charge >= 0.3 is 5.97 Å². The van der Waals surface area contributed by atoms with Gasteiger partial charge < -0.3 is 9.67 Å². The van der Waals surface area contributed by atoms with Crippen molar-refractivity contribution in [2.24, 2.45) is 5.92 Å². The Balaban J connectivity index is 1.49. The quantitative estimate of drug-likeness (QED) is 0.625. The molecule has 1 aliphatic heterocycles. The van der Waals surface area contributed by atoms with Crippen LogP contribution in [0.15, 0.2) is 60.9 Å². The van der Waals surface area contributed by atoms with Gasteiger partial charge in [0, 0.05) is 31.2 Å². The second-order valence-corrected chi connectivity index (χ2v) is 8.83. The van der Waals surface area contributed by atoms with Crippen LogP contribution in [0.2, 0.25) is 5.02 Å². The molecule has 0 spiro atoms. The topological polar surface area (TPSA) is 58.4 Å². The number of rotatable bonds is 5. The molecule has 2 aromatic heterocycles. The third-order valence-corrected chi connectivity index (χ3v) is 6.74. The number of carboxylic acid groups (broad SMARTS) is 1. The molecule has 3 heterocycles. The molecular formula is C24H26ClN3O2. The molecule has 1 saturated heterocycles. The Hall–Kier alpha value is -2.63. The van der Waals surface area contributed by atoms with Crippen molar-refractivity contribution >= 4 is 17.6 Å². The number of likely N-dealkylation sites (tertiary alicyclic amines) is 1. The van der Waals surface area contributed by atoms with E-state index < -0.39 is 5.97 Å². The molecule has 5 nitrogen and oxygen atoms in total. The molecule has 1 fully saturated rings. The highest BCUT2D eigenvalue weighted by atomic mass is 35.5. The van der Waals surface area contributed by atoms with Gasteiger partial charge in [0.2, 0.25) is 0 Å². The van der Waals surface area contributed by atoms with Crippen LogP contribution >= 0.6 is 11.6 Å². The van der Waals surface area contributed by atoms with Gasteiger partial charge in [0.15, 0.2) is 0 Å². The fourth-order valence-electron chi connectivity index (χ4n) is 4.40. The fraction of sp³-hybridized carbons (Fsp3) is 0.333. The molecule has 0 amide bonds. The van der Waals surface area contributed by atoms with Crippen LogP contribution in [0.3, 0.4) is 0 Å². The van der Waals surface area contributed by atoms with Crippen molar-refractivity contribution in [3.05, 3.63) is 82.8 Å². The summed E-state index contributed by atoms with van der Waals surface area (Å²) in [5.74, 6) is 0.384. The van der Waals surface area contributed by atoms with Gasteiger partial charge in [0.05, 0.1) is 10.6 Å². The Labute approximate surface area is 181 Å². The highest BCUT2D eigenvalue weighted by molar-refractivity contribution is 6.30. The van der Waals surface area contributed by atoms with E-state index in [-0.39, 0.29) is 5.41 Å². The van der Waals surface area contributed by atoms with Crippen LogP contribution in [-0.4, -0.2) is 38.6 Å². The number of nitrogens with zero attached hydrogens (tertiary/aromatic N) is 3. The Kier molecular flexibility index (Phi) is 5.67. The second kappa shape index (κ2) is 8.25. The predicted octanol–water partition coefficient (Wildman–Crippen LogP) is 5.02. The molecular weight excluding hydrogens is 398 g/mol. The summed E-state index contributed by atoms with van der Waals surface area (Å²) in [6.07, 6.45) is 4.68. The van der Waals surface area contributed by atoms with Crippen molar-refractivity contribution in [3.63, 3.8) is 0 Å². The minimum atomic E-state index is -0.873. The number of aromatic nitrogens is 2. The summed E-state index contributed by atoms with van der Waals surface area (Å²) in [5, 5.41) is 9.98. The summed E-state index contributed by atoms with van der Waals surface area (Å²) in [4.78, 5) is 18.3. The molecule has 0 aliphatic carbocycles. The lowest BCUT2D eigenvalue weighted by molar-refractivity contribution is 0.0696. The maximum absolute atomic E-state index is 11.4. The number of carbonyl (C=O) groups is 1. The number of pyridine rings is 1. The number of aromatic carboxylic acids is 1. The Morgan fingerprint density at radius 2 is 2.10 bits per heavy atom. The van der Waals surface area contributed by atoms with Crippen LogP contribution in [0.5, 0.6) is 0 Å². The molecule has 0 bridgehead atoms. The lowest BCUT2D eigenvalue weighted by Crippen LogP contribution is -2.47. The Bertz CT molecular complexity index is 1050. The summed E-state index contributed by atoms with van der Waals surface area (Å²) in [6, 6.07) is 15.4. The molecule has 2 atom stereocenters. The van der Waals surface area contributed by atoms with E-state index in [4.69, 9.17) is 11.6 Å². The van der Waals surface area contributed by atoms with E-state index in [1.54, 1.807) is 12.3 Å². The standard InChI is InChI=1S/C24H26ClN3O2/c1-17-15-27(12-10-24(17,2)19-6-3-5-18(13-19)23(29)30)16-21-7-4-11-28(21)22-9-8-20(25)14-26-22/h3-9,11,13-14,17H,10,12,15-16H2,1-2H3,(H,29,30)/t17-,24+/m0/s1. The van der Waals surface area contributed by atoms with Crippen molar-refractivity contribution in [3.8, 4) is 5.82 Å². The second-order valence-electron chi connectivity index (χ2n) is 8.39. The molecule has 1 aliphatic rings. The predicted molar refractivity (Wildman–Crippen MR) is 118 cm³/mol. The fourth-order valence-corrected chi connectivity index (χ4v) is 4.52. The normalized spacial score (nSPS) is 22.2. The van der Waals surface area contributed by atoms with E-state index in [0.29, 0.717) is 16.5 Å². The lowest BCUT2D eigenvalue weighted by atomic mass is 9.68. The summed E-state index contributed by atoms with van der Waals surface area (Å²) in [6.45, 7) is 7.27. The first-order valence-electron chi connectivity index (χ1n) is 10.2. The average Bonchev–Trinajstić information content (AvgIpc) is 3.19. The molecule has 0 saturated carbocycles. The van der Waals surface area contributed by atoms with Gasteiger partial charge in [-0.1, -0.05) is 37.6 Å². The van der Waals surface area contributed by atoms with Gasteiger partial charge in [0.25, 0.3) is 0 Å². The number of hydrogen-bond donors (Lipinski definition) is 1. The Morgan fingerprint density at radius 3 is 2.80 bits per heavy atom. The summed E-state index contributed by atoms with van der Waals surface area (Å²) < 4.78 is 2.10. The van der Waals surface area contributed by atoms with Gasteiger partial charge in [-0.2, -0.15) is 0 Å². The van der Waals surface area contributed by atoms with E-state index >= 15 is 0 Å². The first-order chi connectivity index (χ1) is 14.4. The van der Waals surface area contributed by atoms with Crippen molar-refractivity contribution in [2.75, 3.05) is 13.1 Å². The molecule has 3 aromatic rings. The third-order valence-electron chi connectivity index (χ3n) is 6.51. The van der Waals surface area contributed by atoms with E-state index in [1.165, 1.54) is 5.69 Å². The van der Waals surface area contributed by atoms with E-state index in [2.05, 4.69) is 40.4 Å². The van der Waals surface area contributed by atoms with E-state index in [9.17, 15) is 9.90 Å². The highest BCUT2D eigenvalue weighted by Gasteiger charge is 2.38. The average molecular weight is 424 g/mol. The van der Waals surface area contributed by atoms with Crippen LogP contribution in [0.1, 0.15) is 41.9 Å². The smallest absolute Gasteiger partial charge is 0.335 e. The first kappa shape index (κ1) is 20.6. The number of halogens is 1. The van der Waals surface area contributed by atoms with Crippen LogP contribution in [0, 0.1) is 5.92 Å². The maximum atomic E-state index is 11.4. The molecule has 0 unspecified atom stereocenters. The minimum absolute atomic E-state index is 0.0400. The van der Waals surface area contributed by atoms with Crippen molar-refractivity contribution in [1.82, 2.24) is 14.5 Å². The molecule has 1 N–H and O–H groups in total. The molecule has 4 rings (SSSR count). The Morgan fingerprint density at radius 1 is 1.27 bits per heavy atom. The van der Waals surface area contributed by atoms with Gasteiger partial charge in [-0.25, -0.2) is 9.78 Å². The van der Waals surface area contributed by atoms with Crippen LogP contribution in [0.4, 0.5) is 0 Å². The molecule has 0 radical (unpaired) electrons. The summed E-state index contributed by atoms with van der Waals surface area (Å²) >= 11 is 5.98. The molecule has 156 valence electrons. The zero-order valence-electron chi connectivity index (χ0n) is 17.3.